The van der Waals surface area contributed by atoms with Gasteiger partial charge in [-0.15, -0.1) is 0 Å². The van der Waals surface area contributed by atoms with Crippen LogP contribution in [-0.4, -0.2) is 18.2 Å². The predicted octanol–water partition coefficient (Wildman–Crippen LogP) is 8.41. The van der Waals surface area contributed by atoms with E-state index in [1.165, 1.54) is 70.6 Å². The van der Waals surface area contributed by atoms with Gasteiger partial charge < -0.3 is 4.74 Å². The molecule has 0 spiro atoms. The third-order valence-electron chi connectivity index (χ3n) is 5.96. The molecule has 0 amide bonds. The number of allylic oxidation sites excluding steroid dienone is 4. The van der Waals surface area contributed by atoms with E-state index in [2.05, 4.69) is 22.9 Å². The Morgan fingerprint density at radius 2 is 1.41 bits per heavy atom. The highest BCUT2D eigenvalue weighted by Crippen LogP contribution is 2.27. The number of carbonyl (C=O) groups is 2. The minimum Gasteiger partial charge on any atom is -0.492 e. The zero-order chi connectivity index (χ0) is 23.0. The second-order valence-corrected chi connectivity index (χ2v) is 9.60. The summed E-state index contributed by atoms with van der Waals surface area (Å²) in [7, 11) is 0. The largest absolute Gasteiger partial charge is 0.492 e. The molecule has 1 aromatic rings. The number of hydrogen-bond acceptors (Lipinski definition) is 3. The molecule has 0 radical (unpaired) electrons. The maximum Gasteiger partial charge on any atom is 0.170 e. The number of ketones is 2. The van der Waals surface area contributed by atoms with Crippen LogP contribution in [0.1, 0.15) is 101 Å². The Morgan fingerprint density at radius 1 is 0.844 bits per heavy atom. The first-order valence-electron chi connectivity index (χ1n) is 12.4. The molecule has 0 bridgehead atoms. The van der Waals surface area contributed by atoms with Gasteiger partial charge in [-0.3, -0.25) is 9.59 Å². The van der Waals surface area contributed by atoms with Gasteiger partial charge in [0.05, 0.1) is 23.4 Å². The number of rotatable bonds is 18. The van der Waals surface area contributed by atoms with E-state index in [0.717, 1.165) is 16.6 Å². The maximum absolute atomic E-state index is 12.4. The normalized spacial score (nSPS) is 13.1. The van der Waals surface area contributed by atoms with Crippen LogP contribution in [0, 0.1) is 5.92 Å². The van der Waals surface area contributed by atoms with Crippen molar-refractivity contribution in [3.8, 4) is 5.75 Å². The summed E-state index contributed by atoms with van der Waals surface area (Å²) in [6.45, 7) is 2.95. The highest BCUT2D eigenvalue weighted by Gasteiger charge is 2.19. The molecule has 0 saturated heterocycles. The quantitative estimate of drug-likeness (QED) is 0.115. The number of Topliss-reactive ketones (excluding diaryl/α,β-unsaturated/α-hetero) is 2. The molecule has 0 unspecified atom stereocenters. The zero-order valence-corrected chi connectivity index (χ0v) is 21.2. The van der Waals surface area contributed by atoms with E-state index in [4.69, 9.17) is 4.74 Å². The predicted molar refractivity (Wildman–Crippen MR) is 136 cm³/mol. The zero-order valence-electron chi connectivity index (χ0n) is 19.6. The summed E-state index contributed by atoms with van der Waals surface area (Å²) in [5.74, 6) is 0.262. The van der Waals surface area contributed by atoms with Crippen LogP contribution in [-0.2, 0) is 4.79 Å². The number of benzene rings is 1. The number of hydrogen-bond donors (Lipinski definition) is 0. The number of carbonyl (C=O) groups excluding carboxylic acids is 2. The number of unbranched alkanes of at least 4 members (excludes halogenated alkanes) is 11. The first-order chi connectivity index (χ1) is 15.6. The lowest BCUT2D eigenvalue weighted by molar-refractivity contribution is -0.119. The van der Waals surface area contributed by atoms with E-state index in [0.29, 0.717) is 12.2 Å². The van der Waals surface area contributed by atoms with E-state index >= 15 is 0 Å². The maximum atomic E-state index is 12.4. The molecule has 2 rings (SSSR count). The Morgan fingerprint density at radius 3 is 1.97 bits per heavy atom. The van der Waals surface area contributed by atoms with Crippen LogP contribution in [0.15, 0.2) is 47.0 Å². The Hall–Kier alpha value is -1.68. The van der Waals surface area contributed by atoms with Gasteiger partial charge in [0, 0.05) is 5.56 Å². The minimum atomic E-state index is -0.263. The molecule has 176 valence electrons. The molecular weight excluding hydrogens is 464 g/mol. The second-order valence-electron chi connectivity index (χ2n) is 8.74. The monoisotopic (exact) mass is 502 g/mol. The topological polar surface area (TPSA) is 43.4 Å². The van der Waals surface area contributed by atoms with Crippen molar-refractivity contribution >= 4 is 27.5 Å². The highest BCUT2D eigenvalue weighted by atomic mass is 79.9. The van der Waals surface area contributed by atoms with Crippen molar-refractivity contribution in [2.75, 3.05) is 6.61 Å². The molecule has 0 aliphatic heterocycles. The van der Waals surface area contributed by atoms with Crippen LogP contribution >= 0.6 is 15.9 Å². The fraction of sp³-hybridized carbons (Fsp3) is 0.571. The van der Waals surface area contributed by atoms with E-state index < -0.39 is 0 Å². The molecule has 0 heterocycles. The van der Waals surface area contributed by atoms with Crippen molar-refractivity contribution in [2.24, 2.45) is 5.92 Å². The highest BCUT2D eigenvalue weighted by molar-refractivity contribution is 9.10. The standard InChI is InChI=1S/C28H39BrO3/c1-2-3-4-5-6-7-8-9-10-11-12-15-20-32-28-19-18-24(21-25(28)29)27(31)22-26(30)23-16-13-14-17-23/h13-14,16-19,21,23H,2-12,15,20,22H2,1H3. The Balaban J connectivity index is 1.55. The van der Waals surface area contributed by atoms with Gasteiger partial charge in [0.2, 0.25) is 0 Å². The van der Waals surface area contributed by atoms with Gasteiger partial charge >= 0.3 is 0 Å². The average Bonchev–Trinajstić information content (AvgIpc) is 3.33. The first-order valence-corrected chi connectivity index (χ1v) is 13.2. The van der Waals surface area contributed by atoms with Crippen LogP contribution in [0.25, 0.3) is 0 Å². The Kier molecular flexibility index (Phi) is 13.3. The van der Waals surface area contributed by atoms with Gasteiger partial charge in [0.25, 0.3) is 0 Å². The molecule has 0 N–H and O–H groups in total. The molecule has 0 fully saturated rings. The first kappa shape index (κ1) is 26.6. The third kappa shape index (κ3) is 10.3. The molecule has 1 aliphatic carbocycles. The van der Waals surface area contributed by atoms with Crippen molar-refractivity contribution < 1.29 is 14.3 Å². The fourth-order valence-corrected chi connectivity index (χ4v) is 4.43. The van der Waals surface area contributed by atoms with Crippen molar-refractivity contribution in [1.82, 2.24) is 0 Å². The third-order valence-corrected chi connectivity index (χ3v) is 6.58. The molecule has 32 heavy (non-hydrogen) atoms. The van der Waals surface area contributed by atoms with Gasteiger partial charge in [-0.05, 0) is 40.5 Å². The van der Waals surface area contributed by atoms with Gasteiger partial charge in [0.15, 0.2) is 11.6 Å². The number of halogens is 1. The summed E-state index contributed by atoms with van der Waals surface area (Å²) in [6.07, 6.45) is 23.1. The minimum absolute atomic E-state index is 0.0663. The SMILES string of the molecule is CCCCCCCCCCCCCCOc1ccc(C(=O)CC(=O)C2C=CC=C2)cc1Br. The van der Waals surface area contributed by atoms with Crippen molar-refractivity contribution in [1.29, 1.82) is 0 Å². The van der Waals surface area contributed by atoms with Crippen LogP contribution in [0.3, 0.4) is 0 Å². The Labute approximate surface area is 202 Å². The van der Waals surface area contributed by atoms with Crippen LogP contribution in [0.2, 0.25) is 0 Å². The molecule has 0 saturated carbocycles. The molecule has 0 atom stereocenters. The molecule has 3 nitrogen and oxygen atoms in total. The summed E-state index contributed by atoms with van der Waals surface area (Å²) in [4.78, 5) is 24.6. The van der Waals surface area contributed by atoms with Crippen LogP contribution < -0.4 is 4.74 Å². The summed E-state index contributed by atoms with van der Waals surface area (Å²) in [5.41, 5.74) is 0.536. The molecule has 1 aromatic carbocycles. The van der Waals surface area contributed by atoms with E-state index in [-0.39, 0.29) is 23.9 Å². The van der Waals surface area contributed by atoms with E-state index in [1.807, 2.05) is 30.4 Å². The van der Waals surface area contributed by atoms with Gasteiger partial charge in [-0.2, -0.15) is 0 Å². The summed E-state index contributed by atoms with van der Waals surface area (Å²) >= 11 is 3.50. The van der Waals surface area contributed by atoms with Crippen LogP contribution in [0.5, 0.6) is 5.75 Å². The van der Waals surface area contributed by atoms with Crippen LogP contribution in [0.4, 0.5) is 0 Å². The van der Waals surface area contributed by atoms with Gasteiger partial charge in [0.1, 0.15) is 5.75 Å². The summed E-state index contributed by atoms with van der Waals surface area (Å²) in [5, 5.41) is 0. The molecule has 0 aromatic heterocycles. The van der Waals surface area contributed by atoms with Crippen molar-refractivity contribution in [3.05, 3.63) is 52.5 Å². The van der Waals surface area contributed by atoms with E-state index in [1.54, 1.807) is 12.1 Å². The molecule has 4 heteroatoms. The van der Waals surface area contributed by atoms with E-state index in [9.17, 15) is 9.59 Å². The Bertz CT molecular complexity index is 754. The summed E-state index contributed by atoms with van der Waals surface area (Å²) < 4.78 is 6.64. The lowest BCUT2D eigenvalue weighted by Gasteiger charge is -2.10. The second kappa shape index (κ2) is 16.0. The molecular formula is C28H39BrO3. The lowest BCUT2D eigenvalue weighted by Crippen LogP contribution is -2.14. The van der Waals surface area contributed by atoms with Gasteiger partial charge in [-0.25, -0.2) is 0 Å². The summed E-state index contributed by atoms with van der Waals surface area (Å²) in [6, 6.07) is 5.32. The smallest absolute Gasteiger partial charge is 0.170 e. The average molecular weight is 504 g/mol. The van der Waals surface area contributed by atoms with Crippen molar-refractivity contribution in [3.63, 3.8) is 0 Å². The fourth-order valence-electron chi connectivity index (χ4n) is 3.94. The number of ether oxygens (including phenoxy) is 1. The lowest BCUT2D eigenvalue weighted by atomic mass is 9.98. The van der Waals surface area contributed by atoms with Gasteiger partial charge in [-0.1, -0.05) is 102 Å². The molecule has 1 aliphatic rings. The van der Waals surface area contributed by atoms with Crippen molar-refractivity contribution in [2.45, 2.75) is 90.4 Å².